The molecule has 3 N–H and O–H groups in total. The molecule has 13 heteroatoms. The first-order chi connectivity index (χ1) is 16.4. The Morgan fingerprint density at radius 1 is 0.771 bits per heavy atom. The third-order valence-electron chi connectivity index (χ3n) is 5.26. The Kier molecular flexibility index (Phi) is 8.10. The van der Waals surface area contributed by atoms with E-state index in [2.05, 4.69) is 16.0 Å². The highest BCUT2D eigenvalue weighted by atomic mass is 19.4. The molecule has 0 radical (unpaired) electrons. The Morgan fingerprint density at radius 3 is 1.80 bits per heavy atom. The third kappa shape index (κ3) is 7.77. The molecule has 1 aliphatic rings. The molecule has 0 spiro atoms. The molecule has 1 fully saturated rings. The van der Waals surface area contributed by atoms with E-state index in [0.29, 0.717) is 32.7 Å². The van der Waals surface area contributed by atoms with E-state index in [-0.39, 0.29) is 17.9 Å². The lowest BCUT2D eigenvalue weighted by atomic mass is 10.2. The summed E-state index contributed by atoms with van der Waals surface area (Å²) in [5, 5.41) is 7.38. The molecule has 0 aromatic heterocycles. The van der Waals surface area contributed by atoms with Crippen molar-refractivity contribution in [2.24, 2.45) is 0 Å². The van der Waals surface area contributed by atoms with Crippen molar-refractivity contribution in [3.05, 3.63) is 59.7 Å². The minimum atomic E-state index is -4.51. The average molecular weight is 503 g/mol. The summed E-state index contributed by atoms with van der Waals surface area (Å²) in [5.74, 6) is 0. The van der Waals surface area contributed by atoms with E-state index in [1.165, 1.54) is 29.2 Å². The van der Waals surface area contributed by atoms with Crippen LogP contribution in [0.3, 0.4) is 0 Å². The van der Waals surface area contributed by atoms with Gasteiger partial charge in [0.2, 0.25) is 0 Å². The number of amides is 4. The molecule has 1 heterocycles. The van der Waals surface area contributed by atoms with Crippen molar-refractivity contribution in [2.75, 3.05) is 49.9 Å². The molecule has 1 aliphatic heterocycles. The van der Waals surface area contributed by atoms with Gasteiger partial charge in [-0.2, -0.15) is 26.3 Å². The maximum absolute atomic E-state index is 12.8. The van der Waals surface area contributed by atoms with E-state index < -0.39 is 35.5 Å². The summed E-state index contributed by atoms with van der Waals surface area (Å²) in [4.78, 5) is 27.8. The van der Waals surface area contributed by atoms with Gasteiger partial charge in [-0.3, -0.25) is 4.90 Å². The zero-order valence-electron chi connectivity index (χ0n) is 18.3. The van der Waals surface area contributed by atoms with Crippen molar-refractivity contribution in [3.8, 4) is 0 Å². The smallest absolute Gasteiger partial charge is 0.337 e. The molecule has 190 valence electrons. The summed E-state index contributed by atoms with van der Waals surface area (Å²) in [6, 6.07) is 7.50. The van der Waals surface area contributed by atoms with E-state index in [1.807, 2.05) is 4.90 Å². The first-order valence-corrected chi connectivity index (χ1v) is 10.6. The van der Waals surface area contributed by atoms with E-state index in [1.54, 1.807) is 0 Å². The van der Waals surface area contributed by atoms with Crippen LogP contribution in [0.15, 0.2) is 48.5 Å². The molecule has 0 bridgehead atoms. The summed E-state index contributed by atoms with van der Waals surface area (Å²) in [7, 11) is 0. The Labute approximate surface area is 197 Å². The number of anilines is 2. The minimum Gasteiger partial charge on any atom is -0.337 e. The number of hydrogen-bond donors (Lipinski definition) is 3. The topological polar surface area (TPSA) is 76.7 Å². The lowest BCUT2D eigenvalue weighted by Crippen LogP contribution is -2.51. The summed E-state index contributed by atoms with van der Waals surface area (Å²) < 4.78 is 76.7. The fourth-order valence-electron chi connectivity index (χ4n) is 3.43. The normalized spacial score (nSPS) is 15.0. The van der Waals surface area contributed by atoms with Gasteiger partial charge >= 0.3 is 24.4 Å². The van der Waals surface area contributed by atoms with Crippen LogP contribution < -0.4 is 16.0 Å². The number of rotatable bonds is 5. The number of carbonyl (C=O) groups is 2. The second-order valence-electron chi connectivity index (χ2n) is 7.80. The van der Waals surface area contributed by atoms with Crippen molar-refractivity contribution in [3.63, 3.8) is 0 Å². The molecular weight excluding hydrogens is 480 g/mol. The van der Waals surface area contributed by atoms with Crippen molar-refractivity contribution in [2.45, 2.75) is 12.4 Å². The van der Waals surface area contributed by atoms with E-state index in [4.69, 9.17) is 0 Å². The van der Waals surface area contributed by atoms with Crippen LogP contribution in [0.25, 0.3) is 0 Å². The number of piperazine rings is 1. The Hall–Kier alpha value is -3.48. The first kappa shape index (κ1) is 26.1. The number of alkyl halides is 6. The fourth-order valence-corrected chi connectivity index (χ4v) is 3.43. The van der Waals surface area contributed by atoms with Crippen LogP contribution in [0.2, 0.25) is 0 Å². The number of benzene rings is 2. The highest BCUT2D eigenvalue weighted by Gasteiger charge is 2.31. The standard InChI is InChI=1S/C22H23F6N5O2/c23-21(24,25)15-3-1-5-17(13-15)30-19(34)29-7-8-32-9-11-33(12-10-32)20(35)31-18-6-2-4-16(14-18)22(26,27)28/h1-6,13-14H,7-12H2,(H,31,35)(H2,29,30,34). The predicted molar refractivity (Wildman–Crippen MR) is 117 cm³/mol. The number of nitrogens with one attached hydrogen (secondary N) is 3. The Balaban J connectivity index is 1.38. The SMILES string of the molecule is O=C(NCCN1CCN(C(=O)Nc2cccc(C(F)(F)F)c2)CC1)Nc1cccc(C(F)(F)F)c1. The summed E-state index contributed by atoms with van der Waals surface area (Å²) in [6.07, 6.45) is -9.02. The molecule has 1 saturated heterocycles. The summed E-state index contributed by atoms with van der Waals surface area (Å²) >= 11 is 0. The molecule has 0 saturated carbocycles. The zero-order valence-corrected chi connectivity index (χ0v) is 18.3. The number of nitrogens with zero attached hydrogens (tertiary/aromatic N) is 2. The average Bonchev–Trinajstić information content (AvgIpc) is 2.79. The van der Waals surface area contributed by atoms with Crippen LogP contribution in [0, 0.1) is 0 Å². The Bertz CT molecular complexity index is 1030. The first-order valence-electron chi connectivity index (χ1n) is 10.6. The summed E-state index contributed by atoms with van der Waals surface area (Å²) in [5.41, 5.74) is -1.67. The fraction of sp³-hybridized carbons (Fsp3) is 0.364. The van der Waals surface area contributed by atoms with Gasteiger partial charge in [0.15, 0.2) is 0 Å². The van der Waals surface area contributed by atoms with Gasteiger partial charge in [-0.05, 0) is 36.4 Å². The molecule has 0 aliphatic carbocycles. The number of carbonyl (C=O) groups excluding carboxylic acids is 2. The van der Waals surface area contributed by atoms with Crippen LogP contribution in [0.1, 0.15) is 11.1 Å². The third-order valence-corrected chi connectivity index (χ3v) is 5.26. The van der Waals surface area contributed by atoms with Gasteiger partial charge in [-0.15, -0.1) is 0 Å². The lowest BCUT2D eigenvalue weighted by Gasteiger charge is -2.34. The van der Waals surface area contributed by atoms with Gasteiger partial charge in [0.1, 0.15) is 0 Å². The minimum absolute atomic E-state index is 0.0118. The summed E-state index contributed by atoms with van der Waals surface area (Å²) in [6.45, 7) is 2.29. The van der Waals surface area contributed by atoms with Gasteiger partial charge in [-0.1, -0.05) is 12.1 Å². The van der Waals surface area contributed by atoms with Crippen LogP contribution >= 0.6 is 0 Å². The van der Waals surface area contributed by atoms with Crippen molar-refractivity contribution < 1.29 is 35.9 Å². The maximum Gasteiger partial charge on any atom is 0.416 e. The second-order valence-corrected chi connectivity index (χ2v) is 7.80. The van der Waals surface area contributed by atoms with Crippen LogP contribution in [0.4, 0.5) is 47.3 Å². The van der Waals surface area contributed by atoms with Gasteiger partial charge in [0.25, 0.3) is 0 Å². The molecule has 3 rings (SSSR count). The molecule has 35 heavy (non-hydrogen) atoms. The Morgan fingerprint density at radius 2 is 1.29 bits per heavy atom. The van der Waals surface area contributed by atoms with Crippen molar-refractivity contribution in [1.82, 2.24) is 15.1 Å². The van der Waals surface area contributed by atoms with Crippen molar-refractivity contribution in [1.29, 1.82) is 0 Å². The van der Waals surface area contributed by atoms with Gasteiger partial charge < -0.3 is 20.9 Å². The van der Waals surface area contributed by atoms with Gasteiger partial charge in [0, 0.05) is 50.6 Å². The zero-order chi connectivity index (χ0) is 25.6. The molecule has 2 aromatic rings. The molecule has 0 unspecified atom stereocenters. The van der Waals surface area contributed by atoms with Crippen LogP contribution in [-0.2, 0) is 12.4 Å². The molecule has 0 atom stereocenters. The maximum atomic E-state index is 12.8. The second kappa shape index (κ2) is 10.8. The largest absolute Gasteiger partial charge is 0.416 e. The van der Waals surface area contributed by atoms with Crippen LogP contribution in [-0.4, -0.2) is 61.1 Å². The number of hydrogen-bond acceptors (Lipinski definition) is 3. The highest BCUT2D eigenvalue weighted by molar-refractivity contribution is 5.90. The lowest BCUT2D eigenvalue weighted by molar-refractivity contribution is -0.138. The van der Waals surface area contributed by atoms with E-state index in [0.717, 1.165) is 24.3 Å². The molecule has 4 amide bonds. The van der Waals surface area contributed by atoms with E-state index >= 15 is 0 Å². The monoisotopic (exact) mass is 503 g/mol. The van der Waals surface area contributed by atoms with E-state index in [9.17, 15) is 35.9 Å². The quantitative estimate of drug-likeness (QED) is 0.518. The van der Waals surface area contributed by atoms with Crippen LogP contribution in [0.5, 0.6) is 0 Å². The number of halogens is 6. The van der Waals surface area contributed by atoms with Gasteiger partial charge in [0.05, 0.1) is 11.1 Å². The van der Waals surface area contributed by atoms with Crippen molar-refractivity contribution >= 4 is 23.4 Å². The number of urea groups is 2. The molecule has 2 aromatic carbocycles. The molecular formula is C22H23F6N5O2. The highest BCUT2D eigenvalue weighted by Crippen LogP contribution is 2.31. The predicted octanol–water partition coefficient (Wildman–Crippen LogP) is 4.70. The molecule has 7 nitrogen and oxygen atoms in total. The van der Waals surface area contributed by atoms with Gasteiger partial charge in [-0.25, -0.2) is 9.59 Å².